The molecule has 1 heterocycles. The van der Waals surface area contributed by atoms with E-state index in [4.69, 9.17) is 9.72 Å². The first-order valence-corrected chi connectivity index (χ1v) is 8.54. The minimum absolute atomic E-state index is 0.0800. The van der Waals surface area contributed by atoms with Gasteiger partial charge in [-0.25, -0.2) is 13.8 Å². The SMILES string of the molecule is Cc1sc(-c2ccccc2)nc1CCCOc1ccc(F)cc1F. The second-order valence-electron chi connectivity index (χ2n) is 5.41. The van der Waals surface area contributed by atoms with E-state index in [1.165, 1.54) is 17.0 Å². The van der Waals surface area contributed by atoms with E-state index < -0.39 is 11.6 Å². The van der Waals surface area contributed by atoms with E-state index in [9.17, 15) is 8.78 Å². The molecule has 0 aliphatic rings. The van der Waals surface area contributed by atoms with Gasteiger partial charge in [-0.15, -0.1) is 11.3 Å². The maximum atomic E-state index is 13.5. The zero-order valence-electron chi connectivity index (χ0n) is 13.3. The van der Waals surface area contributed by atoms with Crippen LogP contribution in [0.1, 0.15) is 17.0 Å². The molecule has 0 bridgehead atoms. The standard InChI is InChI=1S/C19H17F2NOS/c1-13-17(22-19(24-13)14-6-3-2-4-7-14)8-5-11-23-18-10-9-15(20)12-16(18)21/h2-4,6-7,9-10,12H,5,8,11H2,1H3. The number of aromatic nitrogens is 1. The number of hydrogen-bond acceptors (Lipinski definition) is 3. The first-order chi connectivity index (χ1) is 11.6. The lowest BCUT2D eigenvalue weighted by Gasteiger charge is -2.06. The zero-order valence-corrected chi connectivity index (χ0v) is 14.1. The molecule has 3 aromatic rings. The molecule has 0 N–H and O–H groups in total. The number of hydrogen-bond donors (Lipinski definition) is 0. The van der Waals surface area contributed by atoms with Crippen LogP contribution in [0.4, 0.5) is 8.78 Å². The topological polar surface area (TPSA) is 22.1 Å². The van der Waals surface area contributed by atoms with Crippen molar-refractivity contribution in [1.82, 2.24) is 4.98 Å². The van der Waals surface area contributed by atoms with Crippen LogP contribution in [0, 0.1) is 18.6 Å². The van der Waals surface area contributed by atoms with Crippen molar-refractivity contribution >= 4 is 11.3 Å². The normalized spacial score (nSPS) is 10.8. The van der Waals surface area contributed by atoms with Crippen LogP contribution in [0.15, 0.2) is 48.5 Å². The van der Waals surface area contributed by atoms with Crippen molar-refractivity contribution in [2.75, 3.05) is 6.61 Å². The van der Waals surface area contributed by atoms with E-state index in [0.717, 1.165) is 35.2 Å². The van der Waals surface area contributed by atoms with Gasteiger partial charge in [-0.3, -0.25) is 0 Å². The average Bonchev–Trinajstić information content (AvgIpc) is 2.95. The van der Waals surface area contributed by atoms with E-state index in [0.29, 0.717) is 6.61 Å². The molecular weight excluding hydrogens is 328 g/mol. The molecule has 5 heteroatoms. The third-order valence-corrected chi connectivity index (χ3v) is 4.68. The number of halogens is 2. The van der Waals surface area contributed by atoms with Gasteiger partial charge in [0, 0.05) is 16.5 Å². The fourth-order valence-electron chi connectivity index (χ4n) is 2.38. The van der Waals surface area contributed by atoms with Gasteiger partial charge in [0.15, 0.2) is 11.6 Å². The van der Waals surface area contributed by atoms with Gasteiger partial charge in [-0.1, -0.05) is 30.3 Å². The summed E-state index contributed by atoms with van der Waals surface area (Å²) in [6.45, 7) is 2.42. The van der Waals surface area contributed by atoms with Crippen LogP contribution in [-0.2, 0) is 6.42 Å². The molecule has 0 aliphatic heterocycles. The molecule has 0 saturated carbocycles. The highest BCUT2D eigenvalue weighted by Crippen LogP contribution is 2.28. The predicted molar refractivity (Wildman–Crippen MR) is 92.5 cm³/mol. The molecule has 0 atom stereocenters. The van der Waals surface area contributed by atoms with Gasteiger partial charge in [0.2, 0.25) is 0 Å². The third-order valence-electron chi connectivity index (χ3n) is 3.62. The predicted octanol–water partition coefficient (Wildman–Crippen LogP) is 5.41. The molecular formula is C19H17F2NOS. The maximum absolute atomic E-state index is 13.5. The van der Waals surface area contributed by atoms with Crippen molar-refractivity contribution < 1.29 is 13.5 Å². The molecule has 2 aromatic carbocycles. The Labute approximate surface area is 143 Å². The Morgan fingerprint density at radius 1 is 1.08 bits per heavy atom. The van der Waals surface area contributed by atoms with Crippen molar-refractivity contribution in [3.63, 3.8) is 0 Å². The summed E-state index contributed by atoms with van der Waals surface area (Å²) in [5, 5.41) is 1.01. The van der Waals surface area contributed by atoms with Crippen LogP contribution < -0.4 is 4.74 Å². The van der Waals surface area contributed by atoms with Gasteiger partial charge < -0.3 is 4.74 Å². The second kappa shape index (κ2) is 7.53. The summed E-state index contributed by atoms with van der Waals surface area (Å²) in [6.07, 6.45) is 1.48. The summed E-state index contributed by atoms with van der Waals surface area (Å²) in [5.74, 6) is -1.20. The zero-order chi connectivity index (χ0) is 16.9. The molecule has 2 nitrogen and oxygen atoms in total. The molecule has 0 fully saturated rings. The molecule has 0 saturated heterocycles. The van der Waals surface area contributed by atoms with Gasteiger partial charge in [0.25, 0.3) is 0 Å². The smallest absolute Gasteiger partial charge is 0.167 e. The number of aryl methyl sites for hydroxylation is 2. The van der Waals surface area contributed by atoms with Crippen LogP contribution >= 0.6 is 11.3 Å². The number of benzene rings is 2. The molecule has 3 rings (SSSR count). The van der Waals surface area contributed by atoms with Gasteiger partial charge in [-0.05, 0) is 31.9 Å². The summed E-state index contributed by atoms with van der Waals surface area (Å²) >= 11 is 1.67. The Balaban J connectivity index is 1.56. The minimum atomic E-state index is -0.675. The highest BCUT2D eigenvalue weighted by molar-refractivity contribution is 7.15. The Morgan fingerprint density at radius 2 is 1.88 bits per heavy atom. The fourth-order valence-corrected chi connectivity index (χ4v) is 3.34. The van der Waals surface area contributed by atoms with Crippen LogP contribution in [0.25, 0.3) is 10.6 Å². The lowest BCUT2D eigenvalue weighted by atomic mass is 10.2. The van der Waals surface area contributed by atoms with Crippen LogP contribution in [0.3, 0.4) is 0 Å². The van der Waals surface area contributed by atoms with E-state index >= 15 is 0 Å². The minimum Gasteiger partial charge on any atom is -0.491 e. The molecule has 0 unspecified atom stereocenters. The van der Waals surface area contributed by atoms with Crippen LogP contribution in [0.5, 0.6) is 5.75 Å². The number of thiazole rings is 1. The first kappa shape index (κ1) is 16.6. The van der Waals surface area contributed by atoms with Gasteiger partial charge in [0.05, 0.1) is 12.3 Å². The van der Waals surface area contributed by atoms with Crippen molar-refractivity contribution in [2.45, 2.75) is 19.8 Å². The lowest BCUT2D eigenvalue weighted by molar-refractivity contribution is 0.294. The number of rotatable bonds is 6. The van der Waals surface area contributed by atoms with Crippen molar-refractivity contribution in [2.24, 2.45) is 0 Å². The van der Waals surface area contributed by atoms with Gasteiger partial charge in [-0.2, -0.15) is 0 Å². The summed E-state index contributed by atoms with van der Waals surface area (Å²) in [6, 6.07) is 13.4. The molecule has 0 amide bonds. The second-order valence-corrected chi connectivity index (χ2v) is 6.62. The Kier molecular flexibility index (Phi) is 5.20. The van der Waals surface area contributed by atoms with E-state index in [2.05, 4.69) is 6.92 Å². The summed E-state index contributed by atoms with van der Waals surface area (Å²) in [4.78, 5) is 5.88. The summed E-state index contributed by atoms with van der Waals surface area (Å²) in [7, 11) is 0. The van der Waals surface area contributed by atoms with E-state index in [-0.39, 0.29) is 5.75 Å². The number of nitrogens with zero attached hydrogens (tertiary/aromatic N) is 1. The average molecular weight is 345 g/mol. The Hall–Kier alpha value is -2.27. The van der Waals surface area contributed by atoms with Gasteiger partial charge >= 0.3 is 0 Å². The summed E-state index contributed by atoms with van der Waals surface area (Å²) in [5.41, 5.74) is 2.16. The summed E-state index contributed by atoms with van der Waals surface area (Å²) < 4.78 is 31.7. The highest BCUT2D eigenvalue weighted by atomic mass is 32.1. The Bertz CT molecular complexity index is 817. The van der Waals surface area contributed by atoms with Crippen molar-refractivity contribution in [1.29, 1.82) is 0 Å². The van der Waals surface area contributed by atoms with E-state index in [1.54, 1.807) is 11.3 Å². The molecule has 0 spiro atoms. The molecule has 1 aromatic heterocycles. The quantitative estimate of drug-likeness (QED) is 0.557. The molecule has 0 aliphatic carbocycles. The molecule has 24 heavy (non-hydrogen) atoms. The van der Waals surface area contributed by atoms with Crippen LogP contribution in [-0.4, -0.2) is 11.6 Å². The van der Waals surface area contributed by atoms with Crippen molar-refractivity contribution in [3.05, 3.63) is 70.7 Å². The van der Waals surface area contributed by atoms with E-state index in [1.807, 2.05) is 30.3 Å². The van der Waals surface area contributed by atoms with Gasteiger partial charge in [0.1, 0.15) is 10.8 Å². The maximum Gasteiger partial charge on any atom is 0.167 e. The Morgan fingerprint density at radius 3 is 2.62 bits per heavy atom. The van der Waals surface area contributed by atoms with Crippen molar-refractivity contribution in [3.8, 4) is 16.3 Å². The lowest BCUT2D eigenvalue weighted by Crippen LogP contribution is -2.02. The molecule has 124 valence electrons. The number of ether oxygens (including phenoxy) is 1. The monoisotopic (exact) mass is 345 g/mol. The van der Waals surface area contributed by atoms with Crippen LogP contribution in [0.2, 0.25) is 0 Å². The molecule has 0 radical (unpaired) electrons. The highest BCUT2D eigenvalue weighted by Gasteiger charge is 2.10. The first-order valence-electron chi connectivity index (χ1n) is 7.73. The largest absolute Gasteiger partial charge is 0.491 e. The fraction of sp³-hybridized carbons (Fsp3) is 0.211. The third kappa shape index (κ3) is 3.97.